The van der Waals surface area contributed by atoms with E-state index in [-0.39, 0.29) is 12.2 Å². The highest BCUT2D eigenvalue weighted by molar-refractivity contribution is 7.84. The van der Waals surface area contributed by atoms with Crippen LogP contribution in [0.25, 0.3) is 0 Å². The second-order valence-electron chi connectivity index (χ2n) is 2.69. The van der Waals surface area contributed by atoms with E-state index < -0.39 is 16.8 Å². The average Bonchev–Trinajstić information content (AvgIpc) is 2.09. The molecule has 0 bridgehead atoms. The molecule has 0 amide bonds. The van der Waals surface area contributed by atoms with Gasteiger partial charge in [0.2, 0.25) is 0 Å². The average molecular weight is 208 g/mol. The standard InChI is InChI=1S/C8H16O4S/c1-12-5-2-3-6-13(11)7-4-8(9)10/h2-7H2,1H3,(H,9,10). The van der Waals surface area contributed by atoms with Crippen molar-refractivity contribution >= 4 is 16.8 Å². The SMILES string of the molecule is COCCCCS(=O)CCC(=O)O. The second kappa shape index (κ2) is 8.19. The lowest BCUT2D eigenvalue weighted by molar-refractivity contribution is -0.136. The predicted octanol–water partition coefficient (Wildman–Crippen LogP) is 0.636. The van der Waals surface area contributed by atoms with Crippen LogP contribution < -0.4 is 0 Å². The highest BCUT2D eigenvalue weighted by Gasteiger charge is 2.03. The highest BCUT2D eigenvalue weighted by Crippen LogP contribution is 1.95. The van der Waals surface area contributed by atoms with Crippen molar-refractivity contribution in [2.45, 2.75) is 19.3 Å². The molecule has 0 aliphatic carbocycles. The zero-order chi connectivity index (χ0) is 10.1. The molecule has 0 aliphatic heterocycles. The van der Waals surface area contributed by atoms with Gasteiger partial charge in [0.05, 0.1) is 6.42 Å². The molecule has 4 nitrogen and oxygen atoms in total. The fourth-order valence-corrected chi connectivity index (χ4v) is 1.95. The Morgan fingerprint density at radius 2 is 2.08 bits per heavy atom. The first-order valence-corrected chi connectivity index (χ1v) is 5.71. The van der Waals surface area contributed by atoms with E-state index in [1.54, 1.807) is 7.11 Å². The largest absolute Gasteiger partial charge is 0.481 e. The minimum absolute atomic E-state index is 0.00309. The number of methoxy groups -OCH3 is 1. The summed E-state index contributed by atoms with van der Waals surface area (Å²) >= 11 is 0. The van der Waals surface area contributed by atoms with Gasteiger partial charge in [-0.15, -0.1) is 0 Å². The van der Waals surface area contributed by atoms with Gasteiger partial charge in [0.25, 0.3) is 0 Å². The summed E-state index contributed by atoms with van der Waals surface area (Å²) in [5.74, 6) is -0.0378. The number of hydrogen-bond donors (Lipinski definition) is 1. The number of carboxylic acids is 1. The molecule has 1 unspecified atom stereocenters. The maximum Gasteiger partial charge on any atom is 0.304 e. The number of ether oxygens (including phenoxy) is 1. The molecule has 0 saturated heterocycles. The van der Waals surface area contributed by atoms with E-state index in [4.69, 9.17) is 9.84 Å². The first-order chi connectivity index (χ1) is 6.16. The third kappa shape index (κ3) is 9.49. The van der Waals surface area contributed by atoms with E-state index in [0.717, 1.165) is 12.8 Å². The van der Waals surface area contributed by atoms with Gasteiger partial charge in [-0.05, 0) is 12.8 Å². The molecule has 78 valence electrons. The number of carbonyl (C=O) groups is 1. The summed E-state index contributed by atoms with van der Waals surface area (Å²) in [6.45, 7) is 0.677. The van der Waals surface area contributed by atoms with Gasteiger partial charge < -0.3 is 9.84 Å². The van der Waals surface area contributed by atoms with Crippen LogP contribution in [-0.4, -0.2) is 40.5 Å². The van der Waals surface area contributed by atoms with Crippen molar-refractivity contribution in [3.8, 4) is 0 Å². The van der Waals surface area contributed by atoms with Crippen LogP contribution in [0.15, 0.2) is 0 Å². The molecule has 1 N–H and O–H groups in total. The quantitative estimate of drug-likeness (QED) is 0.594. The highest BCUT2D eigenvalue weighted by atomic mass is 32.2. The summed E-state index contributed by atoms with van der Waals surface area (Å²) in [7, 11) is 0.646. The summed E-state index contributed by atoms with van der Waals surface area (Å²) in [6, 6.07) is 0. The van der Waals surface area contributed by atoms with Crippen LogP contribution in [0, 0.1) is 0 Å². The topological polar surface area (TPSA) is 63.6 Å². The van der Waals surface area contributed by atoms with E-state index in [9.17, 15) is 9.00 Å². The lowest BCUT2D eigenvalue weighted by atomic mass is 10.4. The predicted molar refractivity (Wildman–Crippen MR) is 51.2 cm³/mol. The molecule has 0 aromatic heterocycles. The second-order valence-corrected chi connectivity index (χ2v) is 4.39. The van der Waals surface area contributed by atoms with Crippen molar-refractivity contribution < 1.29 is 18.8 Å². The van der Waals surface area contributed by atoms with Crippen molar-refractivity contribution in [2.75, 3.05) is 25.2 Å². The smallest absolute Gasteiger partial charge is 0.304 e. The molecule has 0 heterocycles. The minimum Gasteiger partial charge on any atom is -0.481 e. The molecule has 0 fully saturated rings. The Morgan fingerprint density at radius 1 is 1.38 bits per heavy atom. The van der Waals surface area contributed by atoms with Crippen LogP contribution in [-0.2, 0) is 20.3 Å². The molecular weight excluding hydrogens is 192 g/mol. The third-order valence-corrected chi connectivity index (χ3v) is 2.92. The first kappa shape index (κ1) is 12.6. The Morgan fingerprint density at radius 3 is 2.62 bits per heavy atom. The fraction of sp³-hybridized carbons (Fsp3) is 0.875. The van der Waals surface area contributed by atoms with Crippen LogP contribution in [0.1, 0.15) is 19.3 Å². The van der Waals surface area contributed by atoms with Gasteiger partial charge in [0, 0.05) is 36.0 Å². The van der Waals surface area contributed by atoms with Crippen molar-refractivity contribution in [3.63, 3.8) is 0 Å². The molecule has 0 aromatic rings. The molecular formula is C8H16O4S. The summed E-state index contributed by atoms with van der Waals surface area (Å²) < 4.78 is 15.9. The Labute approximate surface area is 80.7 Å². The van der Waals surface area contributed by atoms with E-state index in [1.165, 1.54) is 0 Å². The fourth-order valence-electron chi connectivity index (χ4n) is 0.813. The Kier molecular flexibility index (Phi) is 7.93. The Balaban J connectivity index is 3.25. The molecule has 13 heavy (non-hydrogen) atoms. The monoisotopic (exact) mass is 208 g/mol. The molecule has 0 saturated carbocycles. The molecule has 0 rings (SSSR count). The molecule has 1 atom stereocenters. The van der Waals surface area contributed by atoms with Gasteiger partial charge in [-0.3, -0.25) is 9.00 Å². The van der Waals surface area contributed by atoms with Gasteiger partial charge in [0.15, 0.2) is 0 Å². The van der Waals surface area contributed by atoms with Crippen LogP contribution in [0.2, 0.25) is 0 Å². The lowest BCUT2D eigenvalue weighted by Crippen LogP contribution is -2.08. The van der Waals surface area contributed by atoms with Gasteiger partial charge >= 0.3 is 5.97 Å². The van der Waals surface area contributed by atoms with E-state index in [1.807, 2.05) is 0 Å². The van der Waals surface area contributed by atoms with Gasteiger partial charge in [-0.25, -0.2) is 0 Å². The molecule has 0 spiro atoms. The lowest BCUT2D eigenvalue weighted by Gasteiger charge is -1.99. The maximum absolute atomic E-state index is 11.1. The van der Waals surface area contributed by atoms with Gasteiger partial charge in [0.1, 0.15) is 0 Å². The Bertz CT molecular complexity index is 170. The minimum atomic E-state index is -0.980. The van der Waals surface area contributed by atoms with Crippen molar-refractivity contribution in [2.24, 2.45) is 0 Å². The van der Waals surface area contributed by atoms with E-state index in [0.29, 0.717) is 12.4 Å². The normalized spacial score (nSPS) is 12.7. The van der Waals surface area contributed by atoms with Crippen LogP contribution in [0.3, 0.4) is 0 Å². The number of carboxylic acid groups (broad SMARTS) is 1. The van der Waals surface area contributed by atoms with Crippen LogP contribution in [0.5, 0.6) is 0 Å². The van der Waals surface area contributed by atoms with Gasteiger partial charge in [-0.2, -0.15) is 0 Å². The number of unbranched alkanes of at least 4 members (excludes halogenated alkanes) is 1. The number of rotatable bonds is 8. The Hall–Kier alpha value is -0.420. The van der Waals surface area contributed by atoms with E-state index >= 15 is 0 Å². The summed E-state index contributed by atoms with van der Waals surface area (Å²) in [4.78, 5) is 10.1. The van der Waals surface area contributed by atoms with Crippen molar-refractivity contribution in [3.05, 3.63) is 0 Å². The van der Waals surface area contributed by atoms with Gasteiger partial charge in [-0.1, -0.05) is 0 Å². The number of hydrogen-bond acceptors (Lipinski definition) is 3. The molecule has 0 aromatic carbocycles. The summed E-state index contributed by atoms with van der Waals surface area (Å²) in [5, 5.41) is 8.32. The van der Waals surface area contributed by atoms with Crippen molar-refractivity contribution in [1.29, 1.82) is 0 Å². The maximum atomic E-state index is 11.1. The molecule has 5 heteroatoms. The first-order valence-electron chi connectivity index (χ1n) is 4.22. The molecule has 0 radical (unpaired) electrons. The van der Waals surface area contributed by atoms with E-state index in [2.05, 4.69) is 0 Å². The third-order valence-electron chi connectivity index (χ3n) is 1.51. The van der Waals surface area contributed by atoms with Crippen LogP contribution in [0.4, 0.5) is 0 Å². The summed E-state index contributed by atoms with van der Waals surface area (Å²) in [6.07, 6.45) is 1.71. The zero-order valence-electron chi connectivity index (χ0n) is 7.82. The van der Waals surface area contributed by atoms with Crippen molar-refractivity contribution in [1.82, 2.24) is 0 Å². The number of aliphatic carboxylic acids is 1. The molecule has 0 aliphatic rings. The van der Waals surface area contributed by atoms with Crippen LogP contribution >= 0.6 is 0 Å². The zero-order valence-corrected chi connectivity index (χ0v) is 8.64. The summed E-state index contributed by atoms with van der Waals surface area (Å²) in [5.41, 5.74) is 0.